The molecule has 1 rings (SSSR count). The molecule has 1 heterocycles. The summed E-state index contributed by atoms with van der Waals surface area (Å²) < 4.78 is 4.90. The number of nitrogens with one attached hydrogen (secondary N) is 1. The number of hydrogen-bond donors (Lipinski definition) is 2. The maximum atomic E-state index is 10.6. The first-order valence-corrected chi connectivity index (χ1v) is 5.06. The number of methoxy groups -OCH3 is 1. The second-order valence-electron chi connectivity index (χ2n) is 3.54. The van der Waals surface area contributed by atoms with Crippen LogP contribution in [0.4, 0.5) is 11.5 Å². The van der Waals surface area contributed by atoms with Gasteiger partial charge in [0.05, 0.1) is 24.2 Å². The zero-order valence-electron chi connectivity index (χ0n) is 9.71. The van der Waals surface area contributed by atoms with E-state index >= 15 is 0 Å². The van der Waals surface area contributed by atoms with Crippen molar-refractivity contribution in [1.29, 1.82) is 0 Å². The predicted molar refractivity (Wildman–Crippen MR) is 62.0 cm³/mol. The van der Waals surface area contributed by atoms with Gasteiger partial charge in [-0.05, 0) is 13.0 Å². The van der Waals surface area contributed by atoms with Crippen molar-refractivity contribution in [3.63, 3.8) is 0 Å². The average Bonchev–Trinajstić information content (AvgIpc) is 2.28. The second-order valence-corrected chi connectivity index (χ2v) is 3.54. The molecule has 0 saturated carbocycles. The average molecular weight is 241 g/mol. The van der Waals surface area contributed by atoms with Crippen LogP contribution in [0.15, 0.2) is 12.1 Å². The number of nitrogens with zero attached hydrogens (tertiary/aromatic N) is 2. The first-order valence-electron chi connectivity index (χ1n) is 5.06. The summed E-state index contributed by atoms with van der Waals surface area (Å²) in [5, 5.41) is 22.6. The molecule has 0 aliphatic rings. The first kappa shape index (κ1) is 13.3. The van der Waals surface area contributed by atoms with E-state index in [0.717, 1.165) is 0 Å². The number of aromatic nitrogens is 1. The van der Waals surface area contributed by atoms with Crippen molar-refractivity contribution in [3.8, 4) is 0 Å². The molecule has 2 N–H and O–H groups in total. The van der Waals surface area contributed by atoms with Crippen LogP contribution in [0.5, 0.6) is 0 Å². The highest BCUT2D eigenvalue weighted by atomic mass is 16.6. The Hall–Kier alpha value is -1.73. The van der Waals surface area contributed by atoms with Crippen molar-refractivity contribution in [2.45, 2.75) is 13.0 Å². The van der Waals surface area contributed by atoms with Crippen LogP contribution in [0.3, 0.4) is 0 Å². The zero-order valence-corrected chi connectivity index (χ0v) is 9.71. The number of hydrogen-bond acceptors (Lipinski definition) is 6. The second kappa shape index (κ2) is 6.12. The summed E-state index contributed by atoms with van der Waals surface area (Å²) >= 11 is 0. The lowest BCUT2D eigenvalue weighted by molar-refractivity contribution is -0.385. The van der Waals surface area contributed by atoms with Gasteiger partial charge in [0.15, 0.2) is 0 Å². The molecule has 0 radical (unpaired) electrons. The van der Waals surface area contributed by atoms with Gasteiger partial charge in [-0.1, -0.05) is 0 Å². The van der Waals surface area contributed by atoms with Crippen LogP contribution in [-0.4, -0.2) is 41.4 Å². The van der Waals surface area contributed by atoms with Crippen LogP contribution in [0.25, 0.3) is 0 Å². The molecule has 94 valence electrons. The molecule has 0 aliphatic heterocycles. The van der Waals surface area contributed by atoms with E-state index in [1.165, 1.54) is 19.2 Å². The van der Waals surface area contributed by atoms with Crippen molar-refractivity contribution in [2.24, 2.45) is 0 Å². The quantitative estimate of drug-likeness (QED) is 0.562. The first-order chi connectivity index (χ1) is 8.08. The summed E-state index contributed by atoms with van der Waals surface area (Å²) in [5.41, 5.74) is 0.303. The van der Waals surface area contributed by atoms with Crippen molar-refractivity contribution in [1.82, 2.24) is 4.98 Å². The minimum atomic E-state index is -0.481. The van der Waals surface area contributed by atoms with Gasteiger partial charge in [-0.2, -0.15) is 0 Å². The summed E-state index contributed by atoms with van der Waals surface area (Å²) in [4.78, 5) is 14.2. The van der Waals surface area contributed by atoms with Crippen LogP contribution in [-0.2, 0) is 4.74 Å². The Morgan fingerprint density at radius 1 is 1.65 bits per heavy atom. The summed E-state index contributed by atoms with van der Waals surface area (Å²) in [7, 11) is 1.53. The lowest BCUT2D eigenvalue weighted by Gasteiger charge is -2.15. The molecule has 0 amide bonds. The fraction of sp³-hybridized carbons (Fsp3) is 0.500. The molecule has 1 unspecified atom stereocenters. The number of pyridine rings is 1. The van der Waals surface area contributed by atoms with Crippen molar-refractivity contribution >= 4 is 11.5 Å². The molecule has 7 heteroatoms. The lowest BCUT2D eigenvalue weighted by Crippen LogP contribution is -2.29. The summed E-state index contributed by atoms with van der Waals surface area (Å²) in [5.74, 6) is 0.476. The number of nitro groups is 1. The van der Waals surface area contributed by atoms with E-state index in [1.807, 2.05) is 0 Å². The van der Waals surface area contributed by atoms with Crippen LogP contribution >= 0.6 is 0 Å². The maximum absolute atomic E-state index is 10.6. The predicted octanol–water partition coefficient (Wildman–Crippen LogP) is 0.717. The van der Waals surface area contributed by atoms with Crippen molar-refractivity contribution < 1.29 is 14.8 Å². The fourth-order valence-corrected chi connectivity index (χ4v) is 1.38. The zero-order chi connectivity index (χ0) is 12.8. The Morgan fingerprint density at radius 2 is 2.35 bits per heavy atom. The molecular weight excluding hydrogens is 226 g/mol. The number of ether oxygens (including phenoxy) is 1. The number of anilines is 1. The standard InChI is InChI=1S/C10H15N3O4/c1-7-9(13(15)16)3-4-10(11-7)12-8(5-14)6-17-2/h3-4,8,14H,5-6H2,1-2H3,(H,11,12). The molecular formula is C10H15N3O4. The highest BCUT2D eigenvalue weighted by Crippen LogP contribution is 2.18. The van der Waals surface area contributed by atoms with Crippen LogP contribution in [0.2, 0.25) is 0 Å². The van der Waals surface area contributed by atoms with Gasteiger partial charge in [0, 0.05) is 13.2 Å². The topological polar surface area (TPSA) is 97.5 Å². The third-order valence-corrected chi connectivity index (χ3v) is 2.19. The van der Waals surface area contributed by atoms with Gasteiger partial charge < -0.3 is 15.2 Å². The van der Waals surface area contributed by atoms with Crippen LogP contribution in [0, 0.1) is 17.0 Å². The molecule has 0 bridgehead atoms. The highest BCUT2D eigenvalue weighted by molar-refractivity contribution is 5.45. The number of rotatable bonds is 6. The van der Waals surface area contributed by atoms with Gasteiger partial charge in [-0.25, -0.2) is 4.98 Å². The van der Waals surface area contributed by atoms with Crippen molar-refractivity contribution in [3.05, 3.63) is 27.9 Å². The van der Waals surface area contributed by atoms with Gasteiger partial charge in [-0.15, -0.1) is 0 Å². The summed E-state index contributed by atoms with van der Waals surface area (Å²) in [6.45, 7) is 1.79. The minimum absolute atomic E-state index is 0.0251. The smallest absolute Gasteiger partial charge is 0.290 e. The fourth-order valence-electron chi connectivity index (χ4n) is 1.38. The molecule has 7 nitrogen and oxygen atoms in total. The molecule has 0 spiro atoms. The van der Waals surface area contributed by atoms with Gasteiger partial charge in [0.1, 0.15) is 11.5 Å². The molecule has 1 aromatic rings. The van der Waals surface area contributed by atoms with E-state index < -0.39 is 4.92 Å². The van der Waals surface area contributed by atoms with Crippen molar-refractivity contribution in [2.75, 3.05) is 25.6 Å². The maximum Gasteiger partial charge on any atom is 0.290 e. The van der Waals surface area contributed by atoms with Gasteiger partial charge in [0.2, 0.25) is 0 Å². The Balaban J connectivity index is 2.79. The lowest BCUT2D eigenvalue weighted by atomic mass is 10.3. The Labute approximate surface area is 98.6 Å². The third kappa shape index (κ3) is 3.65. The molecule has 0 saturated heterocycles. The monoisotopic (exact) mass is 241 g/mol. The van der Waals surface area contributed by atoms with Crippen LogP contribution in [0.1, 0.15) is 5.69 Å². The molecule has 0 aromatic carbocycles. The van der Waals surface area contributed by atoms with E-state index in [1.54, 1.807) is 6.92 Å². The Kier molecular flexibility index (Phi) is 4.80. The number of aliphatic hydroxyl groups excluding tert-OH is 1. The molecule has 1 atom stereocenters. The van der Waals surface area contributed by atoms with Gasteiger partial charge in [0.25, 0.3) is 5.69 Å². The highest BCUT2D eigenvalue weighted by Gasteiger charge is 2.13. The van der Waals surface area contributed by atoms with E-state index in [-0.39, 0.29) is 18.3 Å². The Morgan fingerprint density at radius 3 is 2.82 bits per heavy atom. The molecule has 17 heavy (non-hydrogen) atoms. The normalized spacial score (nSPS) is 12.2. The van der Waals surface area contributed by atoms with Gasteiger partial charge >= 0.3 is 0 Å². The van der Waals surface area contributed by atoms with E-state index in [0.29, 0.717) is 18.1 Å². The molecule has 0 fully saturated rings. The van der Waals surface area contributed by atoms with E-state index in [9.17, 15) is 10.1 Å². The van der Waals surface area contributed by atoms with E-state index in [2.05, 4.69) is 10.3 Å². The minimum Gasteiger partial charge on any atom is -0.394 e. The summed E-state index contributed by atoms with van der Waals surface area (Å²) in [6.07, 6.45) is 0. The number of aryl methyl sites for hydroxylation is 1. The van der Waals surface area contributed by atoms with Crippen LogP contribution < -0.4 is 5.32 Å². The molecule has 1 aromatic heterocycles. The third-order valence-electron chi connectivity index (χ3n) is 2.19. The van der Waals surface area contributed by atoms with Gasteiger partial charge in [-0.3, -0.25) is 10.1 Å². The number of aliphatic hydroxyl groups is 1. The largest absolute Gasteiger partial charge is 0.394 e. The van der Waals surface area contributed by atoms with E-state index in [4.69, 9.17) is 9.84 Å². The Bertz CT molecular complexity index is 397. The summed E-state index contributed by atoms with van der Waals surface area (Å²) in [6, 6.07) is 2.60. The molecule has 0 aliphatic carbocycles. The SMILES string of the molecule is COCC(CO)Nc1ccc([N+](=O)[O-])c(C)n1.